The van der Waals surface area contributed by atoms with Gasteiger partial charge in [-0.2, -0.15) is 0 Å². The first-order valence-electron chi connectivity index (χ1n) is 6.04. The maximum Gasteiger partial charge on any atom is 0.407 e. The molecule has 5 heteroatoms. The fraction of sp³-hybridized carbons (Fsp3) is 0.462. The molecule has 0 saturated carbocycles. The highest BCUT2D eigenvalue weighted by Crippen LogP contribution is 2.07. The van der Waals surface area contributed by atoms with E-state index in [1.807, 2.05) is 30.3 Å². The van der Waals surface area contributed by atoms with Gasteiger partial charge in [-0.05, 0) is 12.0 Å². The first-order chi connectivity index (χ1) is 8.78. The predicted molar refractivity (Wildman–Crippen MR) is 65.9 cm³/mol. The van der Waals surface area contributed by atoms with Gasteiger partial charge in [-0.3, -0.25) is 0 Å². The molecule has 4 nitrogen and oxygen atoms in total. The van der Waals surface area contributed by atoms with Gasteiger partial charge in [-0.1, -0.05) is 30.3 Å². The van der Waals surface area contributed by atoms with Crippen LogP contribution in [-0.4, -0.2) is 31.4 Å². The van der Waals surface area contributed by atoms with Gasteiger partial charge in [-0.25, -0.2) is 9.18 Å². The second kappa shape index (κ2) is 6.35. The summed E-state index contributed by atoms with van der Waals surface area (Å²) in [5, 5.41) is 5.71. The van der Waals surface area contributed by atoms with Crippen LogP contribution >= 0.6 is 0 Å². The van der Waals surface area contributed by atoms with Crippen molar-refractivity contribution in [3.63, 3.8) is 0 Å². The summed E-state index contributed by atoms with van der Waals surface area (Å²) < 4.78 is 17.5. The molecule has 2 atom stereocenters. The monoisotopic (exact) mass is 252 g/mol. The average Bonchev–Trinajstić information content (AvgIpc) is 2.85. The molecule has 0 aromatic heterocycles. The molecule has 0 aliphatic carbocycles. The van der Waals surface area contributed by atoms with Gasteiger partial charge in [0.25, 0.3) is 0 Å². The van der Waals surface area contributed by atoms with Crippen molar-refractivity contribution in [1.82, 2.24) is 10.6 Å². The normalized spacial score (nSPS) is 22.7. The van der Waals surface area contributed by atoms with Gasteiger partial charge in [0.05, 0.1) is 0 Å². The standard InChI is InChI=1S/C13H17FN2O2/c14-7-11-6-12(8-15-11)16-13(17)18-9-10-4-2-1-3-5-10/h1-5,11-12,15H,6-9H2,(H,16,17). The Morgan fingerprint density at radius 3 is 2.89 bits per heavy atom. The van der Waals surface area contributed by atoms with E-state index in [1.54, 1.807) is 0 Å². The molecule has 1 aliphatic rings. The van der Waals surface area contributed by atoms with Gasteiger partial charge in [0.2, 0.25) is 0 Å². The summed E-state index contributed by atoms with van der Waals surface area (Å²) in [5.74, 6) is 0. The van der Waals surface area contributed by atoms with E-state index in [2.05, 4.69) is 10.6 Å². The summed E-state index contributed by atoms with van der Waals surface area (Å²) in [4.78, 5) is 11.5. The minimum atomic E-state index is -0.454. The fourth-order valence-corrected chi connectivity index (χ4v) is 1.98. The summed E-state index contributed by atoms with van der Waals surface area (Å²) in [6, 6.07) is 9.28. The molecule has 0 spiro atoms. The van der Waals surface area contributed by atoms with Crippen LogP contribution in [0.2, 0.25) is 0 Å². The molecule has 18 heavy (non-hydrogen) atoms. The van der Waals surface area contributed by atoms with Crippen LogP contribution in [0, 0.1) is 0 Å². The van der Waals surface area contributed by atoms with Crippen molar-refractivity contribution >= 4 is 6.09 Å². The van der Waals surface area contributed by atoms with Crippen LogP contribution in [0.15, 0.2) is 30.3 Å². The third-order valence-electron chi connectivity index (χ3n) is 2.94. The van der Waals surface area contributed by atoms with E-state index in [-0.39, 0.29) is 18.7 Å². The number of alkyl halides is 1. The number of nitrogens with one attached hydrogen (secondary N) is 2. The van der Waals surface area contributed by atoms with E-state index in [1.165, 1.54) is 0 Å². The summed E-state index contributed by atoms with van der Waals surface area (Å²) in [5.41, 5.74) is 0.943. The fourth-order valence-electron chi connectivity index (χ4n) is 1.98. The summed E-state index contributed by atoms with van der Waals surface area (Å²) in [6.07, 6.45) is 0.155. The molecule has 2 N–H and O–H groups in total. The average molecular weight is 252 g/mol. The lowest BCUT2D eigenvalue weighted by Crippen LogP contribution is -2.36. The summed E-state index contributed by atoms with van der Waals surface area (Å²) in [7, 11) is 0. The number of amides is 1. The van der Waals surface area contributed by atoms with Crippen LogP contribution in [0.4, 0.5) is 9.18 Å². The zero-order valence-corrected chi connectivity index (χ0v) is 10.1. The number of carbonyl (C=O) groups is 1. The Bertz CT molecular complexity index is 386. The zero-order chi connectivity index (χ0) is 12.8. The molecule has 1 saturated heterocycles. The molecule has 1 aromatic carbocycles. The Morgan fingerprint density at radius 1 is 1.44 bits per heavy atom. The molecular formula is C13H17FN2O2. The SMILES string of the molecule is O=C(NC1CNC(CF)C1)OCc1ccccc1. The lowest BCUT2D eigenvalue weighted by atomic mass is 10.2. The largest absolute Gasteiger partial charge is 0.445 e. The number of hydrogen-bond donors (Lipinski definition) is 2. The van der Waals surface area contributed by atoms with Crippen LogP contribution in [-0.2, 0) is 11.3 Å². The summed E-state index contributed by atoms with van der Waals surface area (Å²) in [6.45, 7) is 0.436. The molecule has 0 bridgehead atoms. The first kappa shape index (κ1) is 12.8. The van der Waals surface area contributed by atoms with Crippen molar-refractivity contribution in [2.45, 2.75) is 25.1 Å². The number of rotatable bonds is 4. The number of halogens is 1. The van der Waals surface area contributed by atoms with E-state index in [9.17, 15) is 9.18 Å². The van der Waals surface area contributed by atoms with Gasteiger partial charge < -0.3 is 15.4 Å². The van der Waals surface area contributed by atoms with Gasteiger partial charge in [0.15, 0.2) is 0 Å². The summed E-state index contributed by atoms with van der Waals surface area (Å²) >= 11 is 0. The zero-order valence-electron chi connectivity index (χ0n) is 10.1. The number of hydrogen-bond acceptors (Lipinski definition) is 3. The van der Waals surface area contributed by atoms with E-state index < -0.39 is 12.8 Å². The van der Waals surface area contributed by atoms with Crippen LogP contribution in [0.1, 0.15) is 12.0 Å². The van der Waals surface area contributed by atoms with Crippen LogP contribution in [0.3, 0.4) is 0 Å². The Balaban J connectivity index is 1.70. The van der Waals surface area contributed by atoms with Crippen molar-refractivity contribution < 1.29 is 13.9 Å². The number of ether oxygens (including phenoxy) is 1. The first-order valence-corrected chi connectivity index (χ1v) is 6.04. The Kier molecular flexibility index (Phi) is 4.52. The van der Waals surface area contributed by atoms with E-state index in [0.29, 0.717) is 13.0 Å². The molecule has 1 aliphatic heterocycles. The molecule has 2 unspecified atom stereocenters. The molecule has 1 fully saturated rings. The third kappa shape index (κ3) is 3.70. The molecular weight excluding hydrogens is 235 g/mol. The highest BCUT2D eigenvalue weighted by molar-refractivity contribution is 5.67. The highest BCUT2D eigenvalue weighted by Gasteiger charge is 2.25. The van der Waals surface area contributed by atoms with E-state index >= 15 is 0 Å². The van der Waals surface area contributed by atoms with Crippen molar-refractivity contribution in [2.24, 2.45) is 0 Å². The van der Waals surface area contributed by atoms with Gasteiger partial charge in [0.1, 0.15) is 13.3 Å². The minimum absolute atomic E-state index is 0.0472. The van der Waals surface area contributed by atoms with Gasteiger partial charge in [0, 0.05) is 18.6 Å². The quantitative estimate of drug-likeness (QED) is 0.856. The predicted octanol–water partition coefficient (Wildman–Crippen LogP) is 1.61. The maximum atomic E-state index is 12.4. The third-order valence-corrected chi connectivity index (χ3v) is 2.94. The number of benzene rings is 1. The lowest BCUT2D eigenvalue weighted by molar-refractivity contribution is 0.136. The number of alkyl carbamates (subject to hydrolysis) is 1. The van der Waals surface area contributed by atoms with Crippen molar-refractivity contribution in [3.05, 3.63) is 35.9 Å². The molecule has 1 amide bonds. The van der Waals surface area contributed by atoms with Gasteiger partial charge >= 0.3 is 6.09 Å². The van der Waals surface area contributed by atoms with Gasteiger partial charge in [-0.15, -0.1) is 0 Å². The Labute approximate surface area is 106 Å². The van der Waals surface area contributed by atoms with E-state index in [4.69, 9.17) is 4.74 Å². The minimum Gasteiger partial charge on any atom is -0.445 e. The Morgan fingerprint density at radius 2 is 2.22 bits per heavy atom. The smallest absolute Gasteiger partial charge is 0.407 e. The molecule has 0 radical (unpaired) electrons. The Hall–Kier alpha value is -1.62. The van der Waals surface area contributed by atoms with Crippen LogP contribution in [0.5, 0.6) is 0 Å². The maximum absolute atomic E-state index is 12.4. The van der Waals surface area contributed by atoms with Crippen molar-refractivity contribution in [3.8, 4) is 0 Å². The van der Waals surface area contributed by atoms with E-state index in [0.717, 1.165) is 5.56 Å². The van der Waals surface area contributed by atoms with Crippen molar-refractivity contribution in [1.29, 1.82) is 0 Å². The van der Waals surface area contributed by atoms with Crippen LogP contribution < -0.4 is 10.6 Å². The highest BCUT2D eigenvalue weighted by atomic mass is 19.1. The second-order valence-corrected chi connectivity index (χ2v) is 4.40. The van der Waals surface area contributed by atoms with Crippen molar-refractivity contribution in [2.75, 3.05) is 13.2 Å². The second-order valence-electron chi connectivity index (χ2n) is 4.40. The molecule has 1 heterocycles. The molecule has 1 aromatic rings. The lowest BCUT2D eigenvalue weighted by Gasteiger charge is -2.12. The molecule has 98 valence electrons. The number of carbonyl (C=O) groups excluding carboxylic acids is 1. The molecule has 2 rings (SSSR count). The topological polar surface area (TPSA) is 50.4 Å². The van der Waals surface area contributed by atoms with Crippen LogP contribution in [0.25, 0.3) is 0 Å².